The van der Waals surface area contributed by atoms with Crippen molar-refractivity contribution >= 4 is 23.3 Å². The van der Waals surface area contributed by atoms with Gasteiger partial charge in [-0.3, -0.25) is 9.05 Å². The maximum absolute atomic E-state index is 14.0. The summed E-state index contributed by atoms with van der Waals surface area (Å²) in [6.45, 7) is -6.04. The van der Waals surface area contributed by atoms with Crippen molar-refractivity contribution in [1.82, 2.24) is 0 Å². The van der Waals surface area contributed by atoms with Crippen LogP contribution in [0.1, 0.15) is 0 Å². The first-order valence-electron chi connectivity index (χ1n) is 5.92. The highest BCUT2D eigenvalue weighted by atomic mass is 31.3. The normalized spacial score (nSPS) is 28.9. The third-order valence-electron chi connectivity index (χ3n) is 2.31. The van der Waals surface area contributed by atoms with Crippen molar-refractivity contribution in [3.05, 3.63) is 0 Å². The molecule has 1 heterocycles. The van der Waals surface area contributed by atoms with Crippen LogP contribution in [0.2, 0.25) is 0 Å². The lowest BCUT2D eigenvalue weighted by molar-refractivity contribution is -0.290. The number of hydrogen-bond donors (Lipinski definition) is 0. The molecule has 0 saturated carbocycles. The lowest BCUT2D eigenvalue weighted by Crippen LogP contribution is -2.40. The lowest BCUT2D eigenvalue weighted by Gasteiger charge is -2.25. The molecule has 168 valence electrons. The van der Waals surface area contributed by atoms with Crippen LogP contribution in [0, 0.1) is 0 Å². The fraction of sp³-hybridized carbons (Fsp3) is 1.00. The minimum atomic E-state index is -6.62. The lowest BCUT2D eigenvalue weighted by atomic mass is 10.3. The largest absolute Gasteiger partial charge is 0.455 e. The van der Waals surface area contributed by atoms with Crippen LogP contribution in [0.25, 0.3) is 0 Å². The molecule has 2 unspecified atom stereocenters. The molecule has 0 N–H and O–H groups in total. The quantitative estimate of drug-likeness (QED) is 0.268. The van der Waals surface area contributed by atoms with Crippen molar-refractivity contribution in [2.45, 2.75) is 24.2 Å². The van der Waals surface area contributed by atoms with Gasteiger partial charge in [0.2, 0.25) is 0 Å². The standard InChI is InChI=1S/C6H4F14N3O2P3/c7-3(8,5(11,12)13)1-24-27(19)21-26(17,18)22-28(20,23-27)25-2-4(9,10)6(14,15)16/h1-2H2. The Morgan fingerprint density at radius 1 is 0.536 bits per heavy atom. The minimum Gasteiger partial charge on any atom is -0.296 e. The van der Waals surface area contributed by atoms with Gasteiger partial charge in [0.1, 0.15) is 13.2 Å². The minimum absolute atomic E-state index is 1.68. The van der Waals surface area contributed by atoms with Gasteiger partial charge >= 0.3 is 47.5 Å². The van der Waals surface area contributed by atoms with Gasteiger partial charge in [-0.25, -0.2) is 0 Å². The average molecular weight is 509 g/mol. The van der Waals surface area contributed by atoms with Gasteiger partial charge < -0.3 is 0 Å². The van der Waals surface area contributed by atoms with Crippen LogP contribution in [0.4, 0.5) is 60.7 Å². The Bertz CT molecular complexity index is 730. The van der Waals surface area contributed by atoms with Gasteiger partial charge in [-0.15, -0.1) is 21.9 Å². The van der Waals surface area contributed by atoms with E-state index in [4.69, 9.17) is 0 Å². The van der Waals surface area contributed by atoms with Crippen molar-refractivity contribution in [2.75, 3.05) is 13.2 Å². The molecule has 0 bridgehead atoms. The molecule has 1 aliphatic rings. The van der Waals surface area contributed by atoms with E-state index >= 15 is 0 Å². The van der Waals surface area contributed by atoms with Gasteiger partial charge in [-0.1, -0.05) is 0 Å². The summed E-state index contributed by atoms with van der Waals surface area (Å²) in [6, 6.07) is 0. The highest BCUT2D eigenvalue weighted by molar-refractivity contribution is 7.77. The molecule has 0 fully saturated rings. The zero-order valence-electron chi connectivity index (χ0n) is 12.2. The van der Waals surface area contributed by atoms with Crippen molar-refractivity contribution in [3.63, 3.8) is 0 Å². The molecule has 0 aromatic heterocycles. The smallest absolute Gasteiger partial charge is 0.296 e. The Kier molecular flexibility index (Phi) is 6.78. The molecular weight excluding hydrogens is 505 g/mol. The third-order valence-corrected chi connectivity index (χ3v) is 8.47. The molecule has 5 nitrogen and oxygen atoms in total. The molecule has 0 spiro atoms. The summed E-state index contributed by atoms with van der Waals surface area (Å²) in [5.74, 6) is -11.7. The first kappa shape index (κ1) is 25.7. The molecule has 1 aliphatic heterocycles. The molecule has 22 heteroatoms. The van der Waals surface area contributed by atoms with Gasteiger partial charge in [0.25, 0.3) is 0 Å². The molecule has 28 heavy (non-hydrogen) atoms. The highest BCUT2D eigenvalue weighted by Crippen LogP contribution is 2.81. The highest BCUT2D eigenvalue weighted by Gasteiger charge is 2.60. The monoisotopic (exact) mass is 509 g/mol. The van der Waals surface area contributed by atoms with E-state index in [2.05, 4.69) is 9.05 Å². The number of alkyl halides is 10. The summed E-state index contributed by atoms with van der Waals surface area (Å²) in [5.41, 5.74) is 0. The van der Waals surface area contributed by atoms with Gasteiger partial charge in [-0.05, 0) is 0 Å². The second-order valence-electron chi connectivity index (χ2n) is 4.62. The second-order valence-corrected chi connectivity index (χ2v) is 10.1. The van der Waals surface area contributed by atoms with Crippen LogP contribution in [0.15, 0.2) is 13.5 Å². The summed E-state index contributed by atoms with van der Waals surface area (Å²) in [4.78, 5) is 0. The fourth-order valence-electron chi connectivity index (χ4n) is 1.05. The van der Waals surface area contributed by atoms with Crippen LogP contribution >= 0.6 is 23.3 Å². The predicted octanol–water partition coefficient (Wildman–Crippen LogP) is 8.15. The Morgan fingerprint density at radius 2 is 0.857 bits per heavy atom. The zero-order chi connectivity index (χ0) is 22.4. The number of nitrogens with zero attached hydrogens (tertiary/aromatic N) is 3. The summed E-state index contributed by atoms with van der Waals surface area (Å²) in [7, 11) is -19.4. The van der Waals surface area contributed by atoms with Gasteiger partial charge in [0, 0.05) is 0 Å². The summed E-state index contributed by atoms with van der Waals surface area (Å²) in [6.07, 6.45) is -12.7. The number of rotatable bonds is 6. The van der Waals surface area contributed by atoms with E-state index in [0.717, 1.165) is 0 Å². The second kappa shape index (κ2) is 7.40. The molecule has 0 aromatic carbocycles. The Labute approximate surface area is 145 Å². The number of halogens is 14. The van der Waals surface area contributed by atoms with Crippen molar-refractivity contribution in [3.8, 4) is 0 Å². The van der Waals surface area contributed by atoms with E-state index in [-0.39, 0.29) is 0 Å². The maximum Gasteiger partial charge on any atom is 0.455 e. The van der Waals surface area contributed by atoms with Crippen LogP contribution < -0.4 is 0 Å². The van der Waals surface area contributed by atoms with Crippen molar-refractivity contribution < 1.29 is 69.7 Å². The average Bonchev–Trinajstić information content (AvgIpc) is 2.38. The van der Waals surface area contributed by atoms with Crippen LogP contribution in [-0.4, -0.2) is 37.4 Å². The predicted molar refractivity (Wildman–Crippen MR) is 66.4 cm³/mol. The Morgan fingerprint density at radius 3 is 1.18 bits per heavy atom. The van der Waals surface area contributed by atoms with E-state index in [1.807, 2.05) is 4.52 Å². The fourth-order valence-corrected chi connectivity index (χ4v) is 7.14. The molecule has 0 aliphatic carbocycles. The number of hydrogen-bond acceptors (Lipinski definition) is 5. The van der Waals surface area contributed by atoms with E-state index in [1.54, 1.807) is 9.03 Å². The third kappa shape index (κ3) is 6.31. The van der Waals surface area contributed by atoms with E-state index in [1.165, 1.54) is 0 Å². The SMILES string of the molecule is FC(F)(F)C(F)(F)COP1(F)=NP(F)(F)=NP(F)(OCC(F)(F)C(F)(F)F)=N1. The van der Waals surface area contributed by atoms with Gasteiger partial charge in [0.05, 0.1) is 0 Å². The topological polar surface area (TPSA) is 55.5 Å². The van der Waals surface area contributed by atoms with Gasteiger partial charge in [-0.2, -0.15) is 52.3 Å². The van der Waals surface area contributed by atoms with Crippen LogP contribution in [0.5, 0.6) is 0 Å². The molecule has 1 rings (SSSR count). The van der Waals surface area contributed by atoms with E-state index in [0.29, 0.717) is 0 Å². The molecule has 0 aromatic rings. The van der Waals surface area contributed by atoms with E-state index < -0.39 is 60.7 Å². The Balaban J connectivity index is 3.21. The maximum atomic E-state index is 14.0. The first-order chi connectivity index (χ1) is 12.0. The van der Waals surface area contributed by atoms with Crippen molar-refractivity contribution in [1.29, 1.82) is 0 Å². The summed E-state index contributed by atoms with van der Waals surface area (Å²) in [5, 5.41) is 0. The molecule has 0 amide bonds. The molecule has 0 radical (unpaired) electrons. The van der Waals surface area contributed by atoms with E-state index in [9.17, 15) is 60.7 Å². The molecule has 2 atom stereocenters. The molecule has 0 saturated heterocycles. The summed E-state index contributed by atoms with van der Waals surface area (Å²) < 4.78 is 188. The van der Waals surface area contributed by atoms with Crippen LogP contribution in [0.3, 0.4) is 0 Å². The first-order valence-corrected chi connectivity index (χ1v) is 10.4. The van der Waals surface area contributed by atoms with Crippen molar-refractivity contribution in [2.24, 2.45) is 13.5 Å². The van der Waals surface area contributed by atoms with Crippen LogP contribution in [-0.2, 0) is 9.05 Å². The Hall–Kier alpha value is -0.370. The van der Waals surface area contributed by atoms with Gasteiger partial charge in [0.15, 0.2) is 0 Å². The molecular formula is C6H4F14N3O2P3. The zero-order valence-corrected chi connectivity index (χ0v) is 14.9. The summed E-state index contributed by atoms with van der Waals surface area (Å²) >= 11 is 0.